The highest BCUT2D eigenvalue weighted by atomic mass is 79.9. The number of hydrogen-bond donors (Lipinski definition) is 0. The first-order valence-corrected chi connectivity index (χ1v) is 10.1. The van der Waals surface area contributed by atoms with Crippen LogP contribution in [0.2, 0.25) is 0 Å². The molecule has 2 amide bonds. The van der Waals surface area contributed by atoms with Gasteiger partial charge in [-0.25, -0.2) is 9.59 Å². The maximum Gasteiger partial charge on any atom is 0.411 e. The van der Waals surface area contributed by atoms with Crippen LogP contribution in [0.15, 0.2) is 71.3 Å². The summed E-state index contributed by atoms with van der Waals surface area (Å²) in [5.74, 6) is -1.12. The van der Waals surface area contributed by atoms with Crippen molar-refractivity contribution < 1.29 is 23.9 Å². The van der Waals surface area contributed by atoms with E-state index in [9.17, 15) is 14.4 Å². The van der Waals surface area contributed by atoms with Gasteiger partial charge in [0, 0.05) is 4.47 Å². The van der Waals surface area contributed by atoms with Crippen LogP contribution < -0.4 is 0 Å². The van der Waals surface area contributed by atoms with E-state index in [1.54, 1.807) is 0 Å². The number of likely N-dealkylation sites (tertiary alicyclic amines) is 1. The highest BCUT2D eigenvalue weighted by Crippen LogP contribution is 2.47. The summed E-state index contributed by atoms with van der Waals surface area (Å²) in [6.07, 6.45) is -0.567. The van der Waals surface area contributed by atoms with E-state index < -0.39 is 36.1 Å². The Bertz CT molecular complexity index is 1030. The predicted molar refractivity (Wildman–Crippen MR) is 111 cm³/mol. The van der Waals surface area contributed by atoms with Crippen LogP contribution in [0.4, 0.5) is 4.79 Å². The summed E-state index contributed by atoms with van der Waals surface area (Å²) >= 11 is 3.51. The summed E-state index contributed by atoms with van der Waals surface area (Å²) in [5.41, 5.74) is 1.54. The van der Waals surface area contributed by atoms with Crippen LogP contribution in [0.3, 0.4) is 0 Å². The summed E-state index contributed by atoms with van der Waals surface area (Å²) in [6.45, 7) is 3.89. The molecule has 0 N–H and O–H groups in total. The molecule has 0 radical (unpaired) electrons. The lowest BCUT2D eigenvalue weighted by Crippen LogP contribution is -2.66. The summed E-state index contributed by atoms with van der Waals surface area (Å²) in [6, 6.07) is 14.9. The third-order valence-corrected chi connectivity index (χ3v) is 6.12. The van der Waals surface area contributed by atoms with Crippen LogP contribution in [0, 0.1) is 0 Å². The second-order valence-electron chi connectivity index (χ2n) is 6.97. The van der Waals surface area contributed by atoms with Gasteiger partial charge in [0.25, 0.3) is 5.91 Å². The first kappa shape index (κ1) is 20.2. The van der Waals surface area contributed by atoms with Crippen LogP contribution in [0.1, 0.15) is 23.2 Å². The quantitative estimate of drug-likeness (QED) is 0.379. The summed E-state index contributed by atoms with van der Waals surface area (Å²) in [5, 5.41) is 0. The number of carbonyl (C=O) groups is 3. The molecule has 0 saturated carbocycles. The number of ether oxygens (including phenoxy) is 2. The maximum atomic E-state index is 13.2. The molecule has 8 heteroatoms. The number of cyclic esters (lactones) is 1. The summed E-state index contributed by atoms with van der Waals surface area (Å²) in [4.78, 5) is 40.7. The van der Waals surface area contributed by atoms with Crippen molar-refractivity contribution in [3.05, 3.63) is 82.5 Å². The Hall–Kier alpha value is -3.13. The van der Waals surface area contributed by atoms with E-state index in [-0.39, 0.29) is 12.3 Å². The topological polar surface area (TPSA) is 76.2 Å². The zero-order chi connectivity index (χ0) is 21.4. The first-order valence-electron chi connectivity index (χ1n) is 9.30. The van der Waals surface area contributed by atoms with Crippen molar-refractivity contribution in [2.45, 2.75) is 18.1 Å². The van der Waals surface area contributed by atoms with E-state index in [2.05, 4.69) is 22.5 Å². The average Bonchev–Trinajstić information content (AvgIpc) is 3.13. The molecule has 4 rings (SSSR count). The Kier molecular flexibility index (Phi) is 5.34. The summed E-state index contributed by atoms with van der Waals surface area (Å²) < 4.78 is 10.8. The third kappa shape index (κ3) is 3.17. The lowest BCUT2D eigenvalue weighted by Gasteiger charge is -2.51. The maximum absolute atomic E-state index is 13.2. The van der Waals surface area contributed by atoms with Crippen LogP contribution in [-0.2, 0) is 19.1 Å². The lowest BCUT2D eigenvalue weighted by molar-refractivity contribution is -0.159. The molecule has 30 heavy (non-hydrogen) atoms. The second-order valence-corrected chi connectivity index (χ2v) is 7.82. The fourth-order valence-corrected chi connectivity index (χ4v) is 4.48. The average molecular weight is 471 g/mol. The Labute approximate surface area is 182 Å². The van der Waals surface area contributed by atoms with Gasteiger partial charge < -0.3 is 9.47 Å². The number of nitrogens with zero attached hydrogens (tertiary/aromatic N) is 2. The summed E-state index contributed by atoms with van der Waals surface area (Å²) in [7, 11) is 1.23. The van der Waals surface area contributed by atoms with E-state index in [1.165, 1.54) is 16.9 Å². The van der Waals surface area contributed by atoms with E-state index >= 15 is 0 Å². The van der Waals surface area contributed by atoms with Gasteiger partial charge in [0.05, 0.1) is 19.2 Å². The molecule has 154 valence electrons. The lowest BCUT2D eigenvalue weighted by atomic mass is 9.85. The number of carbonyl (C=O) groups excluding carboxylic acids is 3. The molecular weight excluding hydrogens is 452 g/mol. The van der Waals surface area contributed by atoms with E-state index in [4.69, 9.17) is 9.47 Å². The molecule has 2 heterocycles. The minimum Gasteiger partial charge on any atom is -0.464 e. The van der Waals surface area contributed by atoms with Gasteiger partial charge in [-0.15, -0.1) is 0 Å². The Balaban J connectivity index is 1.76. The number of β-lactam (4-membered cyclic amide) rings is 1. The number of benzene rings is 2. The predicted octanol–water partition coefficient (Wildman–Crippen LogP) is 3.58. The Morgan fingerprint density at radius 1 is 1.10 bits per heavy atom. The van der Waals surface area contributed by atoms with Gasteiger partial charge in [-0.05, 0) is 17.2 Å². The first-order chi connectivity index (χ1) is 14.5. The van der Waals surface area contributed by atoms with Gasteiger partial charge in [-0.1, -0.05) is 71.0 Å². The molecule has 0 spiro atoms. The van der Waals surface area contributed by atoms with Crippen molar-refractivity contribution in [2.24, 2.45) is 0 Å². The molecule has 0 bridgehead atoms. The molecule has 2 fully saturated rings. The molecule has 3 atom stereocenters. The third-order valence-electron chi connectivity index (χ3n) is 5.40. The number of halogens is 1. The van der Waals surface area contributed by atoms with Crippen molar-refractivity contribution in [3.63, 3.8) is 0 Å². The van der Waals surface area contributed by atoms with E-state index in [0.29, 0.717) is 0 Å². The van der Waals surface area contributed by atoms with Crippen molar-refractivity contribution in [1.29, 1.82) is 0 Å². The molecular formula is C22H19BrN2O5. The van der Waals surface area contributed by atoms with Crippen molar-refractivity contribution in [1.82, 2.24) is 9.80 Å². The van der Waals surface area contributed by atoms with E-state index in [1.807, 2.05) is 54.6 Å². The highest BCUT2D eigenvalue weighted by Gasteiger charge is 2.58. The van der Waals surface area contributed by atoms with Crippen molar-refractivity contribution >= 4 is 33.9 Å². The Morgan fingerprint density at radius 3 is 2.43 bits per heavy atom. The van der Waals surface area contributed by atoms with Crippen LogP contribution in [0.25, 0.3) is 0 Å². The van der Waals surface area contributed by atoms with Gasteiger partial charge in [0.1, 0.15) is 18.3 Å². The molecule has 7 nitrogen and oxygen atoms in total. The van der Waals surface area contributed by atoms with Gasteiger partial charge in [-0.2, -0.15) is 0 Å². The minimum atomic E-state index is -0.842. The number of hydrogen-bond acceptors (Lipinski definition) is 5. The van der Waals surface area contributed by atoms with Gasteiger partial charge in [0.15, 0.2) is 0 Å². The second kappa shape index (κ2) is 7.95. The van der Waals surface area contributed by atoms with Gasteiger partial charge in [0.2, 0.25) is 0 Å². The largest absolute Gasteiger partial charge is 0.464 e. The molecule has 0 aromatic heterocycles. The highest BCUT2D eigenvalue weighted by molar-refractivity contribution is 9.10. The fraction of sp³-hybridized carbons (Fsp3) is 0.227. The number of methoxy groups -OCH3 is 1. The molecule has 2 aliphatic heterocycles. The monoisotopic (exact) mass is 470 g/mol. The fourth-order valence-electron chi connectivity index (χ4n) is 3.96. The van der Waals surface area contributed by atoms with Gasteiger partial charge in [-0.3, -0.25) is 14.6 Å². The number of rotatable bonds is 5. The molecule has 0 unspecified atom stereocenters. The zero-order valence-corrected chi connectivity index (χ0v) is 17.7. The zero-order valence-electron chi connectivity index (χ0n) is 16.2. The number of esters is 1. The number of amides is 2. The normalized spacial score (nSPS) is 23.1. The van der Waals surface area contributed by atoms with Crippen LogP contribution >= 0.6 is 15.9 Å². The molecule has 2 saturated heterocycles. The minimum absolute atomic E-state index is 0.0803. The van der Waals surface area contributed by atoms with Crippen molar-refractivity contribution in [2.75, 3.05) is 13.7 Å². The smallest absolute Gasteiger partial charge is 0.411 e. The molecule has 0 aliphatic carbocycles. The molecule has 2 aromatic carbocycles. The van der Waals surface area contributed by atoms with Crippen molar-refractivity contribution in [3.8, 4) is 0 Å². The van der Waals surface area contributed by atoms with E-state index in [0.717, 1.165) is 15.6 Å². The Morgan fingerprint density at radius 2 is 1.77 bits per heavy atom. The standard InChI is InChI=1S/C22H19BrN2O5/c1-13(21(27)29-2)24-18(15-10-6-7-11-16(15)23)19(20(24)26)25-17(12-30-22(25)28)14-8-4-3-5-9-14/h3-11,17-19H,1,12H2,2H3/t17-,18-,19+/m1/s1. The molecule has 2 aromatic rings. The molecule has 2 aliphatic rings. The SMILES string of the molecule is C=C(C(=O)OC)N1C(=O)[C@@H](N2C(=O)OC[C@@H]2c2ccccc2)[C@H]1c1ccccc1Br. The van der Waals surface area contributed by atoms with Crippen LogP contribution in [0.5, 0.6) is 0 Å². The van der Waals surface area contributed by atoms with Crippen LogP contribution in [-0.4, -0.2) is 47.5 Å². The van der Waals surface area contributed by atoms with Gasteiger partial charge >= 0.3 is 12.1 Å².